The van der Waals surface area contributed by atoms with Crippen molar-refractivity contribution in [1.29, 1.82) is 0 Å². The van der Waals surface area contributed by atoms with E-state index in [1.807, 2.05) is 18.2 Å². The van der Waals surface area contributed by atoms with Crippen LogP contribution < -0.4 is 14.8 Å². The van der Waals surface area contributed by atoms with Gasteiger partial charge in [-0.05, 0) is 37.1 Å². The molecule has 1 aromatic carbocycles. The van der Waals surface area contributed by atoms with Crippen LogP contribution in [0.5, 0.6) is 11.5 Å². The Hall–Kier alpha value is -1.22. The van der Waals surface area contributed by atoms with Crippen molar-refractivity contribution >= 4 is 0 Å². The van der Waals surface area contributed by atoms with E-state index in [0.29, 0.717) is 0 Å². The molecule has 0 spiro atoms. The number of hydrogen-bond acceptors (Lipinski definition) is 3. The molecule has 1 fully saturated rings. The number of ether oxygens (including phenoxy) is 2. The van der Waals surface area contributed by atoms with Crippen LogP contribution in [0.1, 0.15) is 24.8 Å². The lowest BCUT2D eigenvalue weighted by molar-refractivity contribution is 0.397. The van der Waals surface area contributed by atoms with Crippen LogP contribution >= 0.6 is 0 Å². The summed E-state index contributed by atoms with van der Waals surface area (Å²) in [6.07, 6.45) is 4.14. The molecule has 0 radical (unpaired) electrons. The second kappa shape index (κ2) is 5.92. The maximum absolute atomic E-state index is 5.34. The molecule has 1 aliphatic carbocycles. The maximum atomic E-state index is 5.34. The highest BCUT2D eigenvalue weighted by atomic mass is 16.5. The van der Waals surface area contributed by atoms with Crippen LogP contribution in [0.3, 0.4) is 0 Å². The summed E-state index contributed by atoms with van der Waals surface area (Å²) in [7, 11) is 3.39. The molecule has 0 heterocycles. The summed E-state index contributed by atoms with van der Waals surface area (Å²) in [5.74, 6) is 2.78. The Morgan fingerprint density at radius 2 is 2.06 bits per heavy atom. The Balaban J connectivity index is 1.87. The largest absolute Gasteiger partial charge is 0.497 e. The molecule has 1 aliphatic rings. The van der Waals surface area contributed by atoms with E-state index in [9.17, 15) is 0 Å². The number of benzene rings is 1. The average molecular weight is 235 g/mol. The van der Waals surface area contributed by atoms with Crippen LogP contribution in [-0.2, 0) is 6.54 Å². The maximum Gasteiger partial charge on any atom is 0.123 e. The molecule has 2 rings (SSSR count). The van der Waals surface area contributed by atoms with Crippen molar-refractivity contribution in [3.05, 3.63) is 23.8 Å². The average Bonchev–Trinajstić information content (AvgIpc) is 3.18. The first-order valence-electron chi connectivity index (χ1n) is 6.25. The van der Waals surface area contributed by atoms with Crippen LogP contribution in [0.25, 0.3) is 0 Å². The summed E-state index contributed by atoms with van der Waals surface area (Å²) < 4.78 is 10.6. The summed E-state index contributed by atoms with van der Waals surface area (Å²) in [5, 5.41) is 3.46. The summed E-state index contributed by atoms with van der Waals surface area (Å²) in [4.78, 5) is 0. The SMILES string of the molecule is COc1ccc(OC)c(CNCCC2CC2)c1. The quantitative estimate of drug-likeness (QED) is 0.737. The van der Waals surface area contributed by atoms with E-state index in [2.05, 4.69) is 5.32 Å². The van der Waals surface area contributed by atoms with Gasteiger partial charge in [0.15, 0.2) is 0 Å². The Labute approximate surface area is 103 Å². The lowest BCUT2D eigenvalue weighted by atomic mass is 10.2. The Kier molecular flexibility index (Phi) is 4.26. The third-order valence-electron chi connectivity index (χ3n) is 3.23. The fourth-order valence-corrected chi connectivity index (χ4v) is 1.96. The van der Waals surface area contributed by atoms with Crippen LogP contribution in [0.4, 0.5) is 0 Å². The van der Waals surface area contributed by atoms with E-state index in [1.165, 1.54) is 19.3 Å². The highest BCUT2D eigenvalue weighted by Crippen LogP contribution is 2.31. The van der Waals surface area contributed by atoms with Crippen molar-refractivity contribution in [3.8, 4) is 11.5 Å². The molecule has 0 atom stereocenters. The predicted molar refractivity (Wildman–Crippen MR) is 68.6 cm³/mol. The van der Waals surface area contributed by atoms with Crippen LogP contribution in [-0.4, -0.2) is 20.8 Å². The molecule has 0 bridgehead atoms. The van der Waals surface area contributed by atoms with Crippen molar-refractivity contribution in [2.75, 3.05) is 20.8 Å². The van der Waals surface area contributed by atoms with Gasteiger partial charge in [-0.3, -0.25) is 0 Å². The van der Waals surface area contributed by atoms with Gasteiger partial charge < -0.3 is 14.8 Å². The van der Waals surface area contributed by atoms with E-state index >= 15 is 0 Å². The molecule has 0 unspecified atom stereocenters. The molecule has 0 amide bonds. The highest BCUT2D eigenvalue weighted by Gasteiger charge is 2.20. The molecule has 0 saturated heterocycles. The van der Waals surface area contributed by atoms with Crippen molar-refractivity contribution < 1.29 is 9.47 Å². The molecule has 94 valence electrons. The van der Waals surface area contributed by atoms with Gasteiger partial charge in [0.05, 0.1) is 14.2 Å². The van der Waals surface area contributed by atoms with Gasteiger partial charge in [-0.2, -0.15) is 0 Å². The minimum absolute atomic E-state index is 0.840. The lowest BCUT2D eigenvalue weighted by Gasteiger charge is -2.11. The molecular formula is C14H21NO2. The smallest absolute Gasteiger partial charge is 0.123 e. The summed E-state index contributed by atoms with van der Waals surface area (Å²) in [5.41, 5.74) is 1.16. The second-order valence-corrected chi connectivity index (χ2v) is 4.59. The van der Waals surface area contributed by atoms with Crippen molar-refractivity contribution in [1.82, 2.24) is 5.32 Å². The zero-order chi connectivity index (χ0) is 12.1. The van der Waals surface area contributed by atoms with Crippen LogP contribution in [0.2, 0.25) is 0 Å². The fraction of sp³-hybridized carbons (Fsp3) is 0.571. The number of nitrogens with one attached hydrogen (secondary N) is 1. The number of rotatable bonds is 7. The summed E-state index contributed by atoms with van der Waals surface area (Å²) in [6.45, 7) is 1.93. The summed E-state index contributed by atoms with van der Waals surface area (Å²) >= 11 is 0. The van der Waals surface area contributed by atoms with Crippen molar-refractivity contribution in [2.24, 2.45) is 5.92 Å². The standard InChI is InChI=1S/C14H21NO2/c1-16-13-5-6-14(17-2)12(9-13)10-15-8-7-11-3-4-11/h5-6,9,11,15H,3-4,7-8,10H2,1-2H3. The van der Waals surface area contributed by atoms with Crippen molar-refractivity contribution in [2.45, 2.75) is 25.8 Å². The Bertz CT molecular complexity index is 361. The first kappa shape index (κ1) is 12.2. The molecular weight excluding hydrogens is 214 g/mol. The molecule has 17 heavy (non-hydrogen) atoms. The van der Waals surface area contributed by atoms with E-state index in [4.69, 9.17) is 9.47 Å². The topological polar surface area (TPSA) is 30.5 Å². The molecule has 1 saturated carbocycles. The minimum Gasteiger partial charge on any atom is -0.497 e. The zero-order valence-corrected chi connectivity index (χ0v) is 10.7. The molecule has 0 aromatic heterocycles. The van der Waals surface area contributed by atoms with Gasteiger partial charge in [0.2, 0.25) is 0 Å². The van der Waals surface area contributed by atoms with Gasteiger partial charge in [0, 0.05) is 12.1 Å². The third-order valence-corrected chi connectivity index (χ3v) is 3.23. The van der Waals surface area contributed by atoms with Gasteiger partial charge in [-0.15, -0.1) is 0 Å². The Morgan fingerprint density at radius 1 is 1.24 bits per heavy atom. The highest BCUT2D eigenvalue weighted by molar-refractivity contribution is 5.40. The zero-order valence-electron chi connectivity index (χ0n) is 10.7. The molecule has 3 heteroatoms. The van der Waals surface area contributed by atoms with E-state index in [-0.39, 0.29) is 0 Å². The van der Waals surface area contributed by atoms with E-state index in [0.717, 1.165) is 36.1 Å². The third kappa shape index (κ3) is 3.63. The lowest BCUT2D eigenvalue weighted by Crippen LogP contribution is -2.15. The van der Waals surface area contributed by atoms with Crippen molar-refractivity contribution in [3.63, 3.8) is 0 Å². The minimum atomic E-state index is 0.840. The predicted octanol–water partition coefficient (Wildman–Crippen LogP) is 2.59. The first-order chi connectivity index (χ1) is 8.33. The van der Waals surface area contributed by atoms with Gasteiger partial charge in [0.25, 0.3) is 0 Å². The second-order valence-electron chi connectivity index (χ2n) is 4.59. The van der Waals surface area contributed by atoms with Crippen LogP contribution in [0.15, 0.2) is 18.2 Å². The molecule has 0 aliphatic heterocycles. The van der Waals surface area contributed by atoms with Gasteiger partial charge in [-0.1, -0.05) is 12.8 Å². The van der Waals surface area contributed by atoms with Gasteiger partial charge in [0.1, 0.15) is 11.5 Å². The Morgan fingerprint density at radius 3 is 2.71 bits per heavy atom. The number of hydrogen-bond donors (Lipinski definition) is 1. The molecule has 1 aromatic rings. The van der Waals surface area contributed by atoms with E-state index in [1.54, 1.807) is 14.2 Å². The van der Waals surface area contributed by atoms with E-state index < -0.39 is 0 Å². The van der Waals surface area contributed by atoms with Gasteiger partial charge in [-0.25, -0.2) is 0 Å². The number of methoxy groups -OCH3 is 2. The summed E-state index contributed by atoms with van der Waals surface area (Å²) in [6, 6.07) is 5.91. The molecule has 1 N–H and O–H groups in total. The van der Waals surface area contributed by atoms with Crippen LogP contribution in [0, 0.1) is 5.92 Å². The fourth-order valence-electron chi connectivity index (χ4n) is 1.96. The van der Waals surface area contributed by atoms with Gasteiger partial charge >= 0.3 is 0 Å². The normalized spacial score (nSPS) is 14.7. The first-order valence-corrected chi connectivity index (χ1v) is 6.25. The molecule has 3 nitrogen and oxygen atoms in total. The monoisotopic (exact) mass is 235 g/mol.